The van der Waals surface area contributed by atoms with Crippen LogP contribution in [0.1, 0.15) is 24.4 Å². The van der Waals surface area contributed by atoms with Crippen LogP contribution >= 0.6 is 11.8 Å². The van der Waals surface area contributed by atoms with Gasteiger partial charge < -0.3 is 14.4 Å². The molecule has 0 N–H and O–H groups in total. The van der Waals surface area contributed by atoms with Crippen LogP contribution in [0.25, 0.3) is 0 Å². The smallest absolute Gasteiger partial charge is 0.244 e. The Kier molecular flexibility index (Phi) is 5.80. The first-order valence-electron chi connectivity index (χ1n) is 9.80. The van der Waals surface area contributed by atoms with Gasteiger partial charge in [0.25, 0.3) is 0 Å². The standard InChI is InChI=1S/C20H29N3O3S/c1-21(2)19(15-3-4-17-18(13-15)26-14-25-17)20(24)23-9-7-22(8-10-23)16-5-11-27-12-6-16/h3-4,13,16,19H,5-12,14H2,1-2H3/t19-/m1/s1. The molecule has 0 unspecified atom stereocenters. The van der Waals surface area contributed by atoms with Crippen LogP contribution in [0.5, 0.6) is 11.5 Å². The molecule has 2 saturated heterocycles. The van der Waals surface area contributed by atoms with Gasteiger partial charge in [0.15, 0.2) is 11.5 Å². The molecule has 3 heterocycles. The number of amides is 1. The quantitative estimate of drug-likeness (QED) is 0.783. The minimum absolute atomic E-state index is 0.178. The van der Waals surface area contributed by atoms with Crippen molar-refractivity contribution in [2.45, 2.75) is 24.9 Å². The highest BCUT2D eigenvalue weighted by atomic mass is 32.2. The summed E-state index contributed by atoms with van der Waals surface area (Å²) in [6.07, 6.45) is 2.58. The van der Waals surface area contributed by atoms with Crippen LogP contribution in [0.3, 0.4) is 0 Å². The molecule has 1 atom stereocenters. The zero-order valence-corrected chi connectivity index (χ0v) is 17.0. The van der Waals surface area contributed by atoms with E-state index in [-0.39, 0.29) is 18.7 Å². The predicted octanol–water partition coefficient (Wildman–Crippen LogP) is 2.06. The van der Waals surface area contributed by atoms with Gasteiger partial charge >= 0.3 is 0 Å². The van der Waals surface area contributed by atoms with E-state index in [0.29, 0.717) is 6.04 Å². The number of fused-ring (bicyclic) bond motifs is 1. The first-order valence-corrected chi connectivity index (χ1v) is 11.0. The van der Waals surface area contributed by atoms with Gasteiger partial charge in [-0.05, 0) is 56.1 Å². The van der Waals surface area contributed by atoms with E-state index in [4.69, 9.17) is 9.47 Å². The molecule has 0 bridgehead atoms. The molecule has 0 radical (unpaired) electrons. The number of ether oxygens (including phenoxy) is 2. The first kappa shape index (κ1) is 18.9. The van der Waals surface area contributed by atoms with Crippen molar-refractivity contribution >= 4 is 17.7 Å². The summed E-state index contributed by atoms with van der Waals surface area (Å²) in [6, 6.07) is 6.24. The molecule has 4 rings (SSSR count). The lowest BCUT2D eigenvalue weighted by molar-refractivity contribution is -0.138. The predicted molar refractivity (Wildman–Crippen MR) is 107 cm³/mol. The Balaban J connectivity index is 1.42. The summed E-state index contributed by atoms with van der Waals surface area (Å²) >= 11 is 2.07. The van der Waals surface area contributed by atoms with Crippen molar-refractivity contribution in [2.24, 2.45) is 0 Å². The molecule has 0 aromatic heterocycles. The van der Waals surface area contributed by atoms with E-state index in [1.807, 2.05) is 42.1 Å². The summed E-state index contributed by atoms with van der Waals surface area (Å²) in [5.41, 5.74) is 0.959. The molecule has 27 heavy (non-hydrogen) atoms. The van der Waals surface area contributed by atoms with Crippen molar-refractivity contribution < 1.29 is 14.3 Å². The number of carbonyl (C=O) groups excluding carboxylic acids is 1. The Bertz CT molecular complexity index is 670. The minimum atomic E-state index is -0.294. The lowest BCUT2D eigenvalue weighted by atomic mass is 10.0. The van der Waals surface area contributed by atoms with Gasteiger partial charge in [-0.1, -0.05) is 6.07 Å². The van der Waals surface area contributed by atoms with E-state index in [1.54, 1.807) is 0 Å². The van der Waals surface area contributed by atoms with Gasteiger partial charge in [0.1, 0.15) is 6.04 Å². The summed E-state index contributed by atoms with van der Waals surface area (Å²) in [7, 11) is 3.92. The van der Waals surface area contributed by atoms with Gasteiger partial charge in [-0.2, -0.15) is 11.8 Å². The molecule has 7 heteroatoms. The van der Waals surface area contributed by atoms with Crippen LogP contribution in [0.4, 0.5) is 0 Å². The van der Waals surface area contributed by atoms with Gasteiger partial charge in [0.2, 0.25) is 12.7 Å². The van der Waals surface area contributed by atoms with Gasteiger partial charge in [-0.25, -0.2) is 0 Å². The summed E-state index contributed by atoms with van der Waals surface area (Å²) < 4.78 is 10.9. The van der Waals surface area contributed by atoms with E-state index in [9.17, 15) is 4.79 Å². The molecule has 0 aliphatic carbocycles. The van der Waals surface area contributed by atoms with Crippen LogP contribution < -0.4 is 9.47 Å². The van der Waals surface area contributed by atoms with E-state index in [0.717, 1.165) is 43.2 Å². The maximum absolute atomic E-state index is 13.3. The molecule has 2 fully saturated rings. The number of benzene rings is 1. The van der Waals surface area contributed by atoms with Crippen molar-refractivity contribution in [3.63, 3.8) is 0 Å². The zero-order chi connectivity index (χ0) is 18.8. The fourth-order valence-electron chi connectivity index (χ4n) is 4.28. The Morgan fingerprint density at radius 1 is 1.11 bits per heavy atom. The fraction of sp³-hybridized carbons (Fsp3) is 0.650. The maximum Gasteiger partial charge on any atom is 0.244 e. The molecular formula is C20H29N3O3S. The molecule has 0 saturated carbocycles. The van der Waals surface area contributed by atoms with E-state index in [2.05, 4.69) is 16.7 Å². The number of thioether (sulfide) groups is 1. The van der Waals surface area contributed by atoms with Crippen molar-refractivity contribution in [1.29, 1.82) is 0 Å². The number of carbonyl (C=O) groups is 1. The molecule has 1 aromatic rings. The number of hydrogen-bond acceptors (Lipinski definition) is 6. The van der Waals surface area contributed by atoms with Crippen molar-refractivity contribution in [3.8, 4) is 11.5 Å². The van der Waals surface area contributed by atoms with Crippen molar-refractivity contribution in [2.75, 3.05) is 58.6 Å². The van der Waals surface area contributed by atoms with Crippen molar-refractivity contribution in [1.82, 2.24) is 14.7 Å². The number of likely N-dealkylation sites (N-methyl/N-ethyl adjacent to an activating group) is 1. The SMILES string of the molecule is CN(C)[C@@H](C(=O)N1CCN(C2CCSCC2)CC1)c1ccc2c(c1)OCO2. The molecule has 0 spiro atoms. The maximum atomic E-state index is 13.3. The van der Waals surface area contributed by atoms with Gasteiger partial charge in [0.05, 0.1) is 0 Å². The van der Waals surface area contributed by atoms with Gasteiger partial charge in [0, 0.05) is 32.2 Å². The average Bonchev–Trinajstić information content (AvgIpc) is 3.16. The van der Waals surface area contributed by atoms with Crippen LogP contribution in [0.2, 0.25) is 0 Å². The van der Waals surface area contributed by atoms with E-state index >= 15 is 0 Å². The minimum Gasteiger partial charge on any atom is -0.454 e. The largest absolute Gasteiger partial charge is 0.454 e. The Hall–Kier alpha value is -1.44. The third kappa shape index (κ3) is 4.05. The molecular weight excluding hydrogens is 362 g/mol. The third-order valence-corrected chi connectivity index (χ3v) is 6.84. The molecule has 1 aromatic carbocycles. The monoisotopic (exact) mass is 391 g/mol. The highest BCUT2D eigenvalue weighted by molar-refractivity contribution is 7.99. The highest BCUT2D eigenvalue weighted by Gasteiger charge is 2.33. The van der Waals surface area contributed by atoms with Gasteiger partial charge in [-0.3, -0.25) is 14.6 Å². The van der Waals surface area contributed by atoms with Gasteiger partial charge in [-0.15, -0.1) is 0 Å². The number of piperazine rings is 1. The topological polar surface area (TPSA) is 45.3 Å². The van der Waals surface area contributed by atoms with Crippen LogP contribution in [0, 0.1) is 0 Å². The molecule has 148 valence electrons. The summed E-state index contributed by atoms with van der Waals surface area (Å²) in [6.45, 7) is 3.86. The second kappa shape index (κ2) is 8.29. The Morgan fingerprint density at radius 2 is 1.81 bits per heavy atom. The Morgan fingerprint density at radius 3 is 2.52 bits per heavy atom. The summed E-state index contributed by atoms with van der Waals surface area (Å²) in [5.74, 6) is 4.21. The molecule has 6 nitrogen and oxygen atoms in total. The Labute approximate surface area is 165 Å². The first-order chi connectivity index (χ1) is 13.1. The number of hydrogen-bond donors (Lipinski definition) is 0. The van der Waals surface area contributed by atoms with Crippen LogP contribution in [-0.2, 0) is 4.79 Å². The van der Waals surface area contributed by atoms with Crippen LogP contribution in [-0.4, -0.2) is 85.2 Å². The number of nitrogens with zero attached hydrogens (tertiary/aromatic N) is 3. The normalized spacial score (nSPS) is 22.3. The zero-order valence-electron chi connectivity index (χ0n) is 16.2. The second-order valence-electron chi connectivity index (χ2n) is 7.68. The average molecular weight is 392 g/mol. The third-order valence-electron chi connectivity index (χ3n) is 5.80. The lowest BCUT2D eigenvalue weighted by Crippen LogP contribution is -2.54. The van der Waals surface area contributed by atoms with Crippen LogP contribution in [0.15, 0.2) is 18.2 Å². The second-order valence-corrected chi connectivity index (χ2v) is 8.91. The number of rotatable bonds is 4. The molecule has 3 aliphatic rings. The van der Waals surface area contributed by atoms with E-state index in [1.165, 1.54) is 24.3 Å². The molecule has 3 aliphatic heterocycles. The highest BCUT2D eigenvalue weighted by Crippen LogP contribution is 2.35. The summed E-state index contributed by atoms with van der Waals surface area (Å²) in [4.78, 5) is 19.9. The fourth-order valence-corrected chi connectivity index (χ4v) is 5.36. The van der Waals surface area contributed by atoms with E-state index < -0.39 is 0 Å². The molecule has 1 amide bonds. The lowest BCUT2D eigenvalue weighted by Gasteiger charge is -2.42. The van der Waals surface area contributed by atoms with Crippen molar-refractivity contribution in [3.05, 3.63) is 23.8 Å². The summed E-state index contributed by atoms with van der Waals surface area (Å²) in [5, 5.41) is 0.